The minimum atomic E-state index is -0.457. The molecular weight excluding hydrogens is 144 g/mol. The molecule has 0 bridgehead atoms. The van der Waals surface area contributed by atoms with Crippen molar-refractivity contribution in [1.29, 1.82) is 0 Å². The molecular formula is C8H16OS. The van der Waals surface area contributed by atoms with Crippen molar-refractivity contribution in [3.05, 3.63) is 0 Å². The van der Waals surface area contributed by atoms with Crippen LogP contribution in [0, 0.1) is 11.3 Å². The van der Waals surface area contributed by atoms with Gasteiger partial charge in [-0.15, -0.1) is 0 Å². The molecule has 0 atom stereocenters. The molecule has 0 unspecified atom stereocenters. The summed E-state index contributed by atoms with van der Waals surface area (Å²) in [6.07, 6.45) is 1.23. The molecule has 1 aliphatic heterocycles. The van der Waals surface area contributed by atoms with Crippen LogP contribution in [-0.2, 0) is 10.8 Å². The van der Waals surface area contributed by atoms with Gasteiger partial charge in [0.05, 0.1) is 0 Å². The van der Waals surface area contributed by atoms with Gasteiger partial charge in [-0.1, -0.05) is 20.8 Å². The highest BCUT2D eigenvalue weighted by molar-refractivity contribution is 7.86. The predicted octanol–water partition coefficient (Wildman–Crippen LogP) is 1.80. The van der Waals surface area contributed by atoms with Crippen molar-refractivity contribution in [2.45, 2.75) is 27.2 Å². The van der Waals surface area contributed by atoms with Crippen molar-refractivity contribution in [1.82, 2.24) is 0 Å². The van der Waals surface area contributed by atoms with Crippen molar-refractivity contribution >= 4 is 10.8 Å². The van der Waals surface area contributed by atoms with Gasteiger partial charge in [-0.3, -0.25) is 4.21 Å². The molecule has 0 aromatic heterocycles. The molecule has 0 aromatic carbocycles. The Hall–Kier alpha value is 0.150. The molecule has 0 radical (unpaired) electrons. The first kappa shape index (κ1) is 8.25. The third-order valence-corrected chi connectivity index (χ3v) is 3.43. The summed E-state index contributed by atoms with van der Waals surface area (Å²) in [6.45, 7) is 6.73. The normalized spacial score (nSPS) is 33.5. The molecule has 0 saturated carbocycles. The van der Waals surface area contributed by atoms with Crippen LogP contribution in [0.15, 0.2) is 0 Å². The summed E-state index contributed by atoms with van der Waals surface area (Å²) in [6, 6.07) is 0. The molecule has 10 heavy (non-hydrogen) atoms. The fourth-order valence-corrected chi connectivity index (χ4v) is 2.65. The van der Waals surface area contributed by atoms with Crippen LogP contribution in [0.25, 0.3) is 0 Å². The molecule has 60 valence electrons. The second kappa shape index (κ2) is 2.65. The van der Waals surface area contributed by atoms with Crippen LogP contribution in [0.5, 0.6) is 0 Å². The largest absolute Gasteiger partial charge is 0.260 e. The molecule has 1 heterocycles. The zero-order valence-electron chi connectivity index (χ0n) is 7.02. The van der Waals surface area contributed by atoms with Gasteiger partial charge in [0, 0.05) is 22.3 Å². The predicted molar refractivity (Wildman–Crippen MR) is 45.4 cm³/mol. The lowest BCUT2D eigenvalue weighted by molar-refractivity contribution is 0.315. The van der Waals surface area contributed by atoms with Crippen LogP contribution < -0.4 is 0 Å². The van der Waals surface area contributed by atoms with Gasteiger partial charge in [-0.25, -0.2) is 0 Å². The molecule has 1 saturated heterocycles. The van der Waals surface area contributed by atoms with Gasteiger partial charge in [0.2, 0.25) is 0 Å². The van der Waals surface area contributed by atoms with E-state index in [1.807, 2.05) is 0 Å². The summed E-state index contributed by atoms with van der Waals surface area (Å²) in [5.74, 6) is 2.66. The summed E-state index contributed by atoms with van der Waals surface area (Å²) < 4.78 is 10.7. The van der Waals surface area contributed by atoms with Crippen LogP contribution in [-0.4, -0.2) is 15.7 Å². The van der Waals surface area contributed by atoms with E-state index in [9.17, 15) is 4.21 Å². The molecule has 1 rings (SSSR count). The Bertz CT molecular complexity index is 138. The Balaban J connectivity index is 2.22. The van der Waals surface area contributed by atoms with Crippen LogP contribution >= 0.6 is 0 Å². The van der Waals surface area contributed by atoms with Gasteiger partial charge < -0.3 is 0 Å². The minimum Gasteiger partial charge on any atom is -0.260 e. The first-order chi connectivity index (χ1) is 4.47. The van der Waals surface area contributed by atoms with Gasteiger partial charge in [-0.05, 0) is 17.8 Å². The van der Waals surface area contributed by atoms with Crippen LogP contribution in [0.2, 0.25) is 0 Å². The van der Waals surface area contributed by atoms with Crippen molar-refractivity contribution in [2.75, 3.05) is 11.5 Å². The second-order valence-electron chi connectivity index (χ2n) is 4.40. The van der Waals surface area contributed by atoms with E-state index in [-0.39, 0.29) is 0 Å². The molecule has 2 heteroatoms. The zero-order valence-corrected chi connectivity index (χ0v) is 7.83. The maximum Gasteiger partial charge on any atom is 0.0272 e. The molecule has 1 nitrogen and oxygen atoms in total. The third-order valence-electron chi connectivity index (χ3n) is 1.74. The summed E-state index contributed by atoms with van der Waals surface area (Å²) in [5.41, 5.74) is 0.426. The summed E-state index contributed by atoms with van der Waals surface area (Å²) in [7, 11) is -0.457. The summed E-state index contributed by atoms with van der Waals surface area (Å²) in [5, 5.41) is 0. The van der Waals surface area contributed by atoms with Gasteiger partial charge in [0.25, 0.3) is 0 Å². The van der Waals surface area contributed by atoms with E-state index in [1.54, 1.807) is 0 Å². The van der Waals surface area contributed by atoms with Crippen LogP contribution in [0.3, 0.4) is 0 Å². The summed E-state index contributed by atoms with van der Waals surface area (Å²) >= 11 is 0. The maximum absolute atomic E-state index is 10.7. The maximum atomic E-state index is 10.7. The Labute approximate surface area is 65.7 Å². The summed E-state index contributed by atoms with van der Waals surface area (Å²) in [4.78, 5) is 0. The van der Waals surface area contributed by atoms with E-state index in [1.165, 1.54) is 6.42 Å². The van der Waals surface area contributed by atoms with Gasteiger partial charge in [0.15, 0.2) is 0 Å². The number of hydrogen-bond acceptors (Lipinski definition) is 1. The van der Waals surface area contributed by atoms with Crippen LogP contribution in [0.4, 0.5) is 0 Å². The lowest BCUT2D eigenvalue weighted by Crippen LogP contribution is -2.33. The lowest BCUT2D eigenvalue weighted by Gasteiger charge is -2.31. The number of hydrogen-bond donors (Lipinski definition) is 0. The highest BCUT2D eigenvalue weighted by Gasteiger charge is 2.28. The Morgan fingerprint density at radius 1 is 1.40 bits per heavy atom. The minimum absolute atomic E-state index is 0.426. The molecule has 0 aliphatic carbocycles. The molecule has 0 N–H and O–H groups in total. The average Bonchev–Trinajstić information content (AvgIpc) is 1.57. The molecule has 1 aliphatic rings. The standard InChI is InChI=1S/C8H16OS/c1-8(2,3)4-7-5-10(9)6-7/h7H,4-6H2,1-3H3. The average molecular weight is 160 g/mol. The Morgan fingerprint density at radius 2 is 1.90 bits per heavy atom. The van der Waals surface area contributed by atoms with E-state index in [0.717, 1.165) is 17.4 Å². The van der Waals surface area contributed by atoms with E-state index in [4.69, 9.17) is 0 Å². The molecule has 0 aromatic rings. The first-order valence-electron chi connectivity index (χ1n) is 3.82. The van der Waals surface area contributed by atoms with E-state index >= 15 is 0 Å². The van der Waals surface area contributed by atoms with Gasteiger partial charge in [0.1, 0.15) is 0 Å². The van der Waals surface area contributed by atoms with E-state index in [0.29, 0.717) is 5.41 Å². The molecule has 0 amide bonds. The Morgan fingerprint density at radius 3 is 2.20 bits per heavy atom. The second-order valence-corrected chi connectivity index (χ2v) is 5.95. The number of rotatable bonds is 1. The molecule has 1 fully saturated rings. The third kappa shape index (κ3) is 2.41. The van der Waals surface area contributed by atoms with E-state index in [2.05, 4.69) is 20.8 Å². The smallest absolute Gasteiger partial charge is 0.0272 e. The van der Waals surface area contributed by atoms with Gasteiger partial charge >= 0.3 is 0 Å². The van der Waals surface area contributed by atoms with Crippen molar-refractivity contribution in [3.8, 4) is 0 Å². The zero-order chi connectivity index (χ0) is 7.78. The lowest BCUT2D eigenvalue weighted by atomic mass is 9.86. The topological polar surface area (TPSA) is 17.1 Å². The Kier molecular flexibility index (Phi) is 2.18. The highest BCUT2D eigenvalue weighted by Crippen LogP contribution is 2.29. The SMILES string of the molecule is CC(C)(C)CC1CS(=O)C1. The highest BCUT2D eigenvalue weighted by atomic mass is 32.2. The van der Waals surface area contributed by atoms with Crippen molar-refractivity contribution in [3.63, 3.8) is 0 Å². The monoisotopic (exact) mass is 160 g/mol. The quantitative estimate of drug-likeness (QED) is 0.571. The van der Waals surface area contributed by atoms with Crippen LogP contribution in [0.1, 0.15) is 27.2 Å². The first-order valence-corrected chi connectivity index (χ1v) is 5.31. The van der Waals surface area contributed by atoms with Crippen molar-refractivity contribution < 1.29 is 4.21 Å². The van der Waals surface area contributed by atoms with E-state index < -0.39 is 10.8 Å². The fraction of sp³-hybridized carbons (Fsp3) is 1.00. The molecule has 0 spiro atoms. The van der Waals surface area contributed by atoms with Gasteiger partial charge in [-0.2, -0.15) is 0 Å². The van der Waals surface area contributed by atoms with Crippen molar-refractivity contribution in [2.24, 2.45) is 11.3 Å². The fourth-order valence-electron chi connectivity index (χ4n) is 1.46.